The molecule has 4 rings (SSSR count). The van der Waals surface area contributed by atoms with E-state index in [2.05, 4.69) is 5.32 Å². The largest absolute Gasteiger partial charge is 0.497 e. The highest BCUT2D eigenvalue weighted by molar-refractivity contribution is 6.00. The van der Waals surface area contributed by atoms with Gasteiger partial charge < -0.3 is 29.2 Å². The summed E-state index contributed by atoms with van der Waals surface area (Å²) < 4.78 is 21.4. The fourth-order valence-electron chi connectivity index (χ4n) is 3.36. The van der Waals surface area contributed by atoms with E-state index in [4.69, 9.17) is 18.9 Å². The smallest absolute Gasteiger partial charge is 0.231 e. The Morgan fingerprint density at radius 3 is 2.86 bits per heavy atom. The number of fused-ring (bicyclic) bond motifs is 1. The van der Waals surface area contributed by atoms with E-state index in [-0.39, 0.29) is 25.0 Å². The normalized spacial score (nSPS) is 17.3. The molecular formula is C21H22N2O6. The number of nitrogens with zero attached hydrogens (tertiary/aromatic N) is 1. The number of hydrogen-bond donors (Lipinski definition) is 1. The number of nitrogens with one attached hydrogen (secondary N) is 1. The number of anilines is 1. The molecule has 0 aliphatic carbocycles. The molecule has 2 aromatic carbocycles. The van der Waals surface area contributed by atoms with Crippen LogP contribution >= 0.6 is 0 Å². The molecule has 2 aliphatic rings. The Bertz CT molecular complexity index is 916. The number of benzene rings is 2. The Labute approximate surface area is 168 Å². The van der Waals surface area contributed by atoms with Crippen LogP contribution in [-0.4, -0.2) is 45.4 Å². The van der Waals surface area contributed by atoms with Crippen molar-refractivity contribution in [3.05, 3.63) is 42.5 Å². The molecule has 0 radical (unpaired) electrons. The number of ether oxygens (including phenoxy) is 4. The molecule has 8 heteroatoms. The van der Waals surface area contributed by atoms with E-state index in [1.165, 1.54) is 0 Å². The van der Waals surface area contributed by atoms with E-state index in [0.29, 0.717) is 48.4 Å². The lowest BCUT2D eigenvalue weighted by molar-refractivity contribution is -0.126. The van der Waals surface area contributed by atoms with Crippen LogP contribution in [0.25, 0.3) is 0 Å². The number of carbonyl (C=O) groups is 2. The van der Waals surface area contributed by atoms with Crippen LogP contribution in [0, 0.1) is 5.92 Å². The number of hydrogen-bond acceptors (Lipinski definition) is 6. The molecule has 1 N–H and O–H groups in total. The van der Waals surface area contributed by atoms with E-state index in [1.807, 2.05) is 18.2 Å². The number of amides is 2. The van der Waals surface area contributed by atoms with Crippen LogP contribution in [0.5, 0.6) is 23.0 Å². The Morgan fingerprint density at radius 1 is 1.17 bits per heavy atom. The highest BCUT2D eigenvalue weighted by Crippen LogP contribution is 2.37. The summed E-state index contributed by atoms with van der Waals surface area (Å²) in [6.07, 6.45) is 0.178. The Balaban J connectivity index is 1.27. The van der Waals surface area contributed by atoms with E-state index < -0.39 is 5.92 Å². The summed E-state index contributed by atoms with van der Waals surface area (Å²) in [5, 5.41) is 2.84. The molecule has 2 aromatic rings. The molecule has 0 unspecified atom stereocenters. The molecule has 0 spiro atoms. The van der Waals surface area contributed by atoms with Gasteiger partial charge in [0, 0.05) is 30.8 Å². The molecule has 1 atom stereocenters. The van der Waals surface area contributed by atoms with Crippen molar-refractivity contribution in [2.24, 2.45) is 5.92 Å². The van der Waals surface area contributed by atoms with Gasteiger partial charge in [0.25, 0.3) is 0 Å². The molecule has 1 fully saturated rings. The van der Waals surface area contributed by atoms with Crippen molar-refractivity contribution in [3.63, 3.8) is 0 Å². The first kappa shape index (κ1) is 18.9. The zero-order valence-electron chi connectivity index (χ0n) is 16.1. The predicted octanol–water partition coefficient (Wildman–Crippen LogP) is 1.97. The summed E-state index contributed by atoms with van der Waals surface area (Å²) in [6.45, 7) is 1.19. The Morgan fingerprint density at radius 2 is 2.00 bits per heavy atom. The van der Waals surface area contributed by atoms with Gasteiger partial charge >= 0.3 is 0 Å². The van der Waals surface area contributed by atoms with Crippen LogP contribution in [0.4, 0.5) is 5.69 Å². The molecule has 1 saturated heterocycles. The predicted molar refractivity (Wildman–Crippen MR) is 105 cm³/mol. The highest BCUT2D eigenvalue weighted by atomic mass is 16.7. The first-order valence-corrected chi connectivity index (χ1v) is 9.38. The van der Waals surface area contributed by atoms with Crippen LogP contribution < -0.4 is 29.2 Å². The minimum absolute atomic E-state index is 0.0864. The molecule has 152 valence electrons. The second kappa shape index (κ2) is 8.30. The molecule has 0 aromatic heterocycles. The van der Waals surface area contributed by atoms with Crippen LogP contribution in [-0.2, 0) is 9.59 Å². The second-order valence-corrected chi connectivity index (χ2v) is 6.76. The fourth-order valence-corrected chi connectivity index (χ4v) is 3.36. The van der Waals surface area contributed by atoms with Crippen molar-refractivity contribution in [3.8, 4) is 23.0 Å². The van der Waals surface area contributed by atoms with Crippen molar-refractivity contribution in [2.75, 3.05) is 38.5 Å². The Hall–Kier alpha value is -3.42. The second-order valence-electron chi connectivity index (χ2n) is 6.76. The zero-order valence-corrected chi connectivity index (χ0v) is 16.1. The third-order valence-electron chi connectivity index (χ3n) is 4.87. The number of rotatable bonds is 7. The lowest BCUT2D eigenvalue weighted by atomic mass is 10.1. The monoisotopic (exact) mass is 398 g/mol. The summed E-state index contributed by atoms with van der Waals surface area (Å²) in [4.78, 5) is 26.5. The highest BCUT2D eigenvalue weighted by Gasteiger charge is 2.35. The minimum Gasteiger partial charge on any atom is -0.497 e. The maximum absolute atomic E-state index is 12.5. The van der Waals surface area contributed by atoms with Gasteiger partial charge in [-0.3, -0.25) is 9.59 Å². The van der Waals surface area contributed by atoms with Crippen molar-refractivity contribution >= 4 is 17.5 Å². The van der Waals surface area contributed by atoms with Crippen molar-refractivity contribution in [2.45, 2.75) is 6.42 Å². The lowest BCUT2D eigenvalue weighted by Crippen LogP contribution is -2.35. The first-order chi connectivity index (χ1) is 14.1. The van der Waals surface area contributed by atoms with Gasteiger partial charge in [0.2, 0.25) is 18.6 Å². The SMILES string of the molecule is COc1cccc(OCCNC(=O)[C@@H]2CC(=O)N(c3ccc4c(c3)OCO4)C2)c1. The molecule has 2 amide bonds. The van der Waals surface area contributed by atoms with Crippen LogP contribution in [0.1, 0.15) is 6.42 Å². The lowest BCUT2D eigenvalue weighted by Gasteiger charge is -2.17. The van der Waals surface area contributed by atoms with E-state index in [0.717, 1.165) is 0 Å². The zero-order chi connectivity index (χ0) is 20.2. The van der Waals surface area contributed by atoms with Gasteiger partial charge in [0.05, 0.1) is 19.6 Å². The Kier molecular flexibility index (Phi) is 5.41. The minimum atomic E-state index is -0.398. The molecule has 29 heavy (non-hydrogen) atoms. The molecule has 0 saturated carbocycles. The summed E-state index contributed by atoms with van der Waals surface area (Å²) in [5.41, 5.74) is 0.705. The van der Waals surface area contributed by atoms with Crippen molar-refractivity contribution < 1.29 is 28.5 Å². The summed E-state index contributed by atoms with van der Waals surface area (Å²) in [6, 6.07) is 12.6. The summed E-state index contributed by atoms with van der Waals surface area (Å²) >= 11 is 0. The van der Waals surface area contributed by atoms with Gasteiger partial charge in [-0.1, -0.05) is 6.07 Å². The van der Waals surface area contributed by atoms with E-state index in [9.17, 15) is 9.59 Å². The van der Waals surface area contributed by atoms with Gasteiger partial charge in [0.15, 0.2) is 11.5 Å². The van der Waals surface area contributed by atoms with Gasteiger partial charge in [-0.15, -0.1) is 0 Å². The van der Waals surface area contributed by atoms with Gasteiger partial charge in [-0.2, -0.15) is 0 Å². The third kappa shape index (κ3) is 4.21. The van der Waals surface area contributed by atoms with Crippen molar-refractivity contribution in [1.29, 1.82) is 0 Å². The average Bonchev–Trinajstić information content (AvgIpc) is 3.37. The molecule has 0 bridgehead atoms. The topological polar surface area (TPSA) is 86.3 Å². The molecule has 2 aliphatic heterocycles. The number of carbonyl (C=O) groups excluding carboxylic acids is 2. The van der Waals surface area contributed by atoms with Crippen LogP contribution in [0.15, 0.2) is 42.5 Å². The first-order valence-electron chi connectivity index (χ1n) is 9.38. The summed E-state index contributed by atoms with van der Waals surface area (Å²) in [7, 11) is 1.59. The molecule has 8 nitrogen and oxygen atoms in total. The molecule has 2 heterocycles. The molecular weight excluding hydrogens is 376 g/mol. The quantitative estimate of drug-likeness (QED) is 0.718. The maximum atomic E-state index is 12.5. The van der Waals surface area contributed by atoms with Crippen LogP contribution in [0.2, 0.25) is 0 Å². The van der Waals surface area contributed by atoms with Crippen molar-refractivity contribution in [1.82, 2.24) is 5.32 Å². The average molecular weight is 398 g/mol. The van der Waals surface area contributed by atoms with Gasteiger partial charge in [0.1, 0.15) is 18.1 Å². The van der Waals surface area contributed by atoms with Gasteiger partial charge in [-0.25, -0.2) is 0 Å². The fraction of sp³-hybridized carbons (Fsp3) is 0.333. The van der Waals surface area contributed by atoms with E-state index in [1.54, 1.807) is 36.3 Å². The third-order valence-corrected chi connectivity index (χ3v) is 4.87. The summed E-state index contributed by atoms with van der Waals surface area (Å²) in [5.74, 6) is 2.00. The van der Waals surface area contributed by atoms with E-state index >= 15 is 0 Å². The number of methoxy groups -OCH3 is 1. The van der Waals surface area contributed by atoms with Crippen LogP contribution in [0.3, 0.4) is 0 Å². The maximum Gasteiger partial charge on any atom is 0.231 e. The van der Waals surface area contributed by atoms with Gasteiger partial charge in [-0.05, 0) is 24.3 Å². The standard InChI is InChI=1S/C21H22N2O6/c1-26-16-3-2-4-17(11-16)27-8-7-22-21(25)14-9-20(24)23(12-14)15-5-6-18-19(10-15)29-13-28-18/h2-6,10-11,14H,7-9,12-13H2,1H3,(H,22,25)/t14-/m1/s1.